The third-order valence-corrected chi connectivity index (χ3v) is 3.85. The summed E-state index contributed by atoms with van der Waals surface area (Å²) in [5.74, 6) is -0.400. The van der Waals surface area contributed by atoms with Crippen LogP contribution in [0.4, 0.5) is 5.95 Å². The van der Waals surface area contributed by atoms with E-state index in [9.17, 15) is 9.59 Å². The minimum atomic E-state index is -0.410. The molecule has 10 heteroatoms. The second-order valence-electron chi connectivity index (χ2n) is 6.45. The Morgan fingerprint density at radius 3 is 2.93 bits per heavy atom. The fraction of sp³-hybridized carbons (Fsp3) is 0.333. The molecule has 1 aromatic carbocycles. The summed E-state index contributed by atoms with van der Waals surface area (Å²) in [6.07, 6.45) is 1.44. The molecule has 2 aromatic heterocycles. The molecule has 0 fully saturated rings. The molecule has 148 valence electrons. The predicted octanol–water partition coefficient (Wildman–Crippen LogP) is 0.595. The number of nitrogens with one attached hydrogen (secondary N) is 1. The van der Waals surface area contributed by atoms with Crippen LogP contribution in [0.15, 0.2) is 35.4 Å². The molecule has 0 saturated carbocycles. The quantitative estimate of drug-likeness (QED) is 0.425. The largest absolute Gasteiger partial charge is 0.460 e. The van der Waals surface area contributed by atoms with Gasteiger partial charge in [0.1, 0.15) is 13.3 Å². The molecule has 0 spiro atoms. The van der Waals surface area contributed by atoms with Crippen LogP contribution in [0.25, 0.3) is 11.2 Å². The van der Waals surface area contributed by atoms with Crippen molar-refractivity contribution in [2.45, 2.75) is 13.3 Å². The highest BCUT2D eigenvalue weighted by Gasteiger charge is 2.10. The third-order valence-electron chi connectivity index (χ3n) is 3.85. The van der Waals surface area contributed by atoms with Crippen LogP contribution in [0, 0.1) is 0 Å². The number of hydrogen-bond acceptors (Lipinski definition) is 8. The van der Waals surface area contributed by atoms with Crippen molar-refractivity contribution in [3.8, 4) is 0 Å². The highest BCUT2D eigenvalue weighted by molar-refractivity contribution is 5.89. The number of nitrogens with zero attached hydrogens (tertiary/aromatic N) is 4. The molecule has 0 amide bonds. The van der Waals surface area contributed by atoms with Gasteiger partial charge in [-0.2, -0.15) is 4.98 Å². The molecule has 0 radical (unpaired) electrons. The van der Waals surface area contributed by atoms with Gasteiger partial charge in [0.05, 0.1) is 18.5 Å². The molecule has 2 heterocycles. The minimum Gasteiger partial charge on any atom is -0.460 e. The van der Waals surface area contributed by atoms with E-state index in [2.05, 4.69) is 15.0 Å². The first kappa shape index (κ1) is 19.5. The van der Waals surface area contributed by atoms with Crippen molar-refractivity contribution >= 4 is 23.1 Å². The van der Waals surface area contributed by atoms with Gasteiger partial charge in [-0.3, -0.25) is 14.3 Å². The van der Waals surface area contributed by atoms with Crippen LogP contribution < -0.4 is 11.3 Å². The summed E-state index contributed by atoms with van der Waals surface area (Å²) in [6.45, 7) is 1.12. The van der Waals surface area contributed by atoms with Gasteiger partial charge in [-0.05, 0) is 31.8 Å². The van der Waals surface area contributed by atoms with Gasteiger partial charge in [0.25, 0.3) is 5.56 Å². The summed E-state index contributed by atoms with van der Waals surface area (Å²) in [4.78, 5) is 36.3. The number of imidazole rings is 1. The topological polar surface area (TPSA) is 128 Å². The molecule has 0 aliphatic rings. The average molecular weight is 386 g/mol. The number of H-pyrrole nitrogens is 1. The summed E-state index contributed by atoms with van der Waals surface area (Å²) in [5, 5.41) is 0. The van der Waals surface area contributed by atoms with Gasteiger partial charge in [0, 0.05) is 6.54 Å². The molecule has 0 aliphatic heterocycles. The number of carbonyl (C=O) groups excluding carboxylic acids is 1. The Balaban J connectivity index is 1.49. The van der Waals surface area contributed by atoms with Crippen LogP contribution in [0.3, 0.4) is 0 Å². The van der Waals surface area contributed by atoms with E-state index in [1.54, 1.807) is 10.6 Å². The molecule has 0 bridgehead atoms. The highest BCUT2D eigenvalue weighted by Crippen LogP contribution is 2.09. The lowest BCUT2D eigenvalue weighted by Gasteiger charge is -2.11. The van der Waals surface area contributed by atoms with E-state index in [0.29, 0.717) is 11.2 Å². The Morgan fingerprint density at radius 1 is 1.32 bits per heavy atom. The smallest absolute Gasteiger partial charge is 0.338 e. The molecule has 3 N–H and O–H groups in total. The molecule has 0 unspecified atom stereocenters. The number of hydrogen-bond donors (Lipinski definition) is 2. The van der Waals surface area contributed by atoms with Crippen LogP contribution in [-0.2, 0) is 22.7 Å². The van der Waals surface area contributed by atoms with E-state index < -0.39 is 11.5 Å². The first-order valence-electron chi connectivity index (χ1n) is 8.63. The summed E-state index contributed by atoms with van der Waals surface area (Å²) in [7, 11) is 3.93. The van der Waals surface area contributed by atoms with Crippen molar-refractivity contribution in [3.63, 3.8) is 0 Å². The first-order valence-corrected chi connectivity index (χ1v) is 8.63. The molecular formula is C18H22N6O4. The Bertz CT molecular complexity index is 1030. The molecule has 0 atom stereocenters. The molecule has 28 heavy (non-hydrogen) atoms. The second-order valence-corrected chi connectivity index (χ2v) is 6.45. The molecule has 0 aliphatic carbocycles. The fourth-order valence-electron chi connectivity index (χ4n) is 2.67. The van der Waals surface area contributed by atoms with E-state index >= 15 is 0 Å². The maximum absolute atomic E-state index is 12.2. The van der Waals surface area contributed by atoms with Gasteiger partial charge >= 0.3 is 5.97 Å². The van der Waals surface area contributed by atoms with Crippen LogP contribution >= 0.6 is 0 Å². The lowest BCUT2D eigenvalue weighted by atomic mass is 10.1. The Kier molecular flexibility index (Phi) is 6.02. The van der Waals surface area contributed by atoms with E-state index in [0.717, 1.165) is 12.1 Å². The zero-order valence-corrected chi connectivity index (χ0v) is 15.7. The zero-order chi connectivity index (χ0) is 20.1. The molecule has 0 saturated heterocycles. The molecule has 3 aromatic rings. The normalized spacial score (nSPS) is 11.2. The lowest BCUT2D eigenvalue weighted by Crippen LogP contribution is -2.15. The number of nitrogen functional groups attached to an aromatic ring is 1. The van der Waals surface area contributed by atoms with Crippen LogP contribution in [0.5, 0.6) is 0 Å². The van der Waals surface area contributed by atoms with Gasteiger partial charge in [-0.15, -0.1) is 0 Å². The molecule has 3 rings (SSSR count). The minimum absolute atomic E-state index is 0.00433. The monoisotopic (exact) mass is 386 g/mol. The van der Waals surface area contributed by atoms with E-state index in [4.69, 9.17) is 15.2 Å². The predicted molar refractivity (Wildman–Crippen MR) is 103 cm³/mol. The van der Waals surface area contributed by atoms with Crippen molar-refractivity contribution < 1.29 is 14.3 Å². The van der Waals surface area contributed by atoms with Gasteiger partial charge in [0.15, 0.2) is 11.2 Å². The van der Waals surface area contributed by atoms with Gasteiger partial charge in [-0.25, -0.2) is 9.78 Å². The van der Waals surface area contributed by atoms with E-state index in [1.807, 2.05) is 37.2 Å². The zero-order valence-electron chi connectivity index (χ0n) is 15.7. The van der Waals surface area contributed by atoms with Crippen molar-refractivity contribution in [1.29, 1.82) is 0 Å². The third kappa shape index (κ3) is 4.72. The highest BCUT2D eigenvalue weighted by atomic mass is 16.6. The maximum atomic E-state index is 12.2. The number of esters is 1. The van der Waals surface area contributed by atoms with Crippen molar-refractivity contribution in [2.75, 3.05) is 33.0 Å². The summed E-state index contributed by atoms with van der Waals surface area (Å²) < 4.78 is 12.3. The van der Waals surface area contributed by atoms with Gasteiger partial charge in [0.2, 0.25) is 5.95 Å². The Labute approximate surface area is 160 Å². The average Bonchev–Trinajstić information content (AvgIpc) is 3.04. The Hall–Kier alpha value is -3.24. The number of aromatic nitrogens is 4. The Morgan fingerprint density at radius 2 is 2.14 bits per heavy atom. The van der Waals surface area contributed by atoms with Crippen LogP contribution in [0.1, 0.15) is 15.9 Å². The van der Waals surface area contributed by atoms with Crippen LogP contribution in [-0.4, -0.2) is 57.7 Å². The van der Waals surface area contributed by atoms with Crippen LogP contribution in [0.2, 0.25) is 0 Å². The summed E-state index contributed by atoms with van der Waals surface area (Å²) >= 11 is 0. The van der Waals surface area contributed by atoms with Gasteiger partial charge in [-0.1, -0.05) is 12.1 Å². The SMILES string of the molecule is CN(C)Cc1cccc(C(=O)OCCOCn2cnc3c(=O)[nH]c(N)nc32)c1. The van der Waals surface area contributed by atoms with E-state index in [1.165, 1.54) is 6.33 Å². The fourth-order valence-corrected chi connectivity index (χ4v) is 2.67. The number of fused-ring (bicyclic) bond motifs is 1. The van der Waals surface area contributed by atoms with Crippen molar-refractivity contribution in [3.05, 3.63) is 52.1 Å². The first-order chi connectivity index (χ1) is 13.4. The van der Waals surface area contributed by atoms with Crippen molar-refractivity contribution in [2.24, 2.45) is 0 Å². The van der Waals surface area contributed by atoms with Crippen molar-refractivity contribution in [1.82, 2.24) is 24.4 Å². The number of ether oxygens (including phenoxy) is 2. The summed E-state index contributed by atoms with van der Waals surface area (Å²) in [5.41, 5.74) is 7.18. The number of anilines is 1. The van der Waals surface area contributed by atoms with Gasteiger partial charge < -0.3 is 20.1 Å². The maximum Gasteiger partial charge on any atom is 0.338 e. The molecule has 10 nitrogen and oxygen atoms in total. The number of carbonyl (C=O) groups is 1. The second kappa shape index (κ2) is 8.63. The summed E-state index contributed by atoms with van der Waals surface area (Å²) in [6, 6.07) is 7.32. The number of aromatic amines is 1. The lowest BCUT2D eigenvalue weighted by molar-refractivity contribution is 0.0180. The number of rotatable bonds is 8. The molecular weight excluding hydrogens is 364 g/mol. The standard InChI is InChI=1S/C18H22N6O4/c1-23(2)9-12-4-3-5-13(8-12)17(26)28-7-6-27-11-24-10-20-14-15(24)21-18(19)22-16(14)25/h3-5,8,10H,6-7,9,11H2,1-2H3,(H3,19,21,22,25). The van der Waals surface area contributed by atoms with E-state index in [-0.39, 0.29) is 31.4 Å². The number of nitrogens with two attached hydrogens (primary N) is 1. The number of benzene rings is 1.